The Kier molecular flexibility index (Phi) is 9.02. The second-order valence-corrected chi connectivity index (χ2v) is 7.95. The van der Waals surface area contributed by atoms with Crippen LogP contribution in [0.2, 0.25) is 0 Å². The van der Waals surface area contributed by atoms with Gasteiger partial charge in [0.2, 0.25) is 11.8 Å². The van der Waals surface area contributed by atoms with Gasteiger partial charge in [-0.1, -0.05) is 91.3 Å². The Labute approximate surface area is 189 Å². The van der Waals surface area contributed by atoms with Gasteiger partial charge in [-0.25, -0.2) is 5.48 Å². The monoisotopic (exact) mass is 430 g/mol. The standard InChI is InChI=1S/C27H30N2O3/c30-26(29-32)19-25(27(31)28-20-22-10-3-1-4-11-22)14-8-7-9-21-15-17-24(18-16-21)23-12-5-2-6-13-23/h1-6,10-13,15-18,25,32H,7-9,14,19-20H2,(H,28,31)(H,29,30). The van der Waals surface area contributed by atoms with Crippen LogP contribution in [0.15, 0.2) is 84.9 Å². The molecule has 0 heterocycles. The number of amides is 2. The van der Waals surface area contributed by atoms with Crippen molar-refractivity contribution in [2.45, 2.75) is 38.6 Å². The lowest BCUT2D eigenvalue weighted by atomic mass is 9.95. The maximum absolute atomic E-state index is 12.6. The van der Waals surface area contributed by atoms with Crippen molar-refractivity contribution in [3.63, 3.8) is 0 Å². The molecule has 0 bridgehead atoms. The van der Waals surface area contributed by atoms with E-state index in [1.165, 1.54) is 16.7 Å². The minimum Gasteiger partial charge on any atom is -0.352 e. The Morgan fingerprint density at radius 2 is 1.38 bits per heavy atom. The molecule has 0 aliphatic carbocycles. The summed E-state index contributed by atoms with van der Waals surface area (Å²) in [4.78, 5) is 24.3. The maximum Gasteiger partial charge on any atom is 0.244 e. The van der Waals surface area contributed by atoms with Gasteiger partial charge in [-0.2, -0.15) is 0 Å². The van der Waals surface area contributed by atoms with Crippen LogP contribution < -0.4 is 10.8 Å². The zero-order chi connectivity index (χ0) is 22.6. The highest BCUT2D eigenvalue weighted by atomic mass is 16.5. The fourth-order valence-electron chi connectivity index (χ4n) is 3.74. The first-order chi connectivity index (χ1) is 15.7. The van der Waals surface area contributed by atoms with E-state index in [1.807, 2.05) is 48.5 Å². The Balaban J connectivity index is 1.47. The van der Waals surface area contributed by atoms with Gasteiger partial charge in [0, 0.05) is 18.9 Å². The number of carbonyl (C=O) groups excluding carboxylic acids is 2. The molecule has 2 amide bonds. The van der Waals surface area contributed by atoms with Crippen molar-refractivity contribution >= 4 is 11.8 Å². The summed E-state index contributed by atoms with van der Waals surface area (Å²) in [7, 11) is 0. The minimum atomic E-state index is -0.540. The fraction of sp³-hybridized carbons (Fsp3) is 0.259. The van der Waals surface area contributed by atoms with Crippen LogP contribution in [0.25, 0.3) is 11.1 Å². The molecule has 32 heavy (non-hydrogen) atoms. The molecule has 0 radical (unpaired) electrons. The fourth-order valence-corrected chi connectivity index (χ4v) is 3.74. The summed E-state index contributed by atoms with van der Waals surface area (Å²) in [5, 5.41) is 11.8. The third-order valence-corrected chi connectivity index (χ3v) is 5.57. The van der Waals surface area contributed by atoms with E-state index in [1.54, 1.807) is 5.48 Å². The van der Waals surface area contributed by atoms with Gasteiger partial charge in [-0.15, -0.1) is 0 Å². The lowest BCUT2D eigenvalue weighted by Crippen LogP contribution is -2.34. The summed E-state index contributed by atoms with van der Waals surface area (Å²) in [6.07, 6.45) is 3.23. The largest absolute Gasteiger partial charge is 0.352 e. The molecule has 0 aliphatic rings. The molecule has 5 nitrogen and oxygen atoms in total. The third-order valence-electron chi connectivity index (χ3n) is 5.57. The smallest absolute Gasteiger partial charge is 0.244 e. The molecule has 3 N–H and O–H groups in total. The maximum atomic E-state index is 12.6. The highest BCUT2D eigenvalue weighted by molar-refractivity contribution is 5.85. The average Bonchev–Trinajstić information content (AvgIpc) is 2.85. The van der Waals surface area contributed by atoms with E-state index >= 15 is 0 Å². The number of rotatable bonds is 11. The highest BCUT2D eigenvalue weighted by Crippen LogP contribution is 2.21. The molecule has 0 spiro atoms. The van der Waals surface area contributed by atoms with Gasteiger partial charge in [0.05, 0.1) is 0 Å². The van der Waals surface area contributed by atoms with Crippen LogP contribution in [0.1, 0.15) is 36.8 Å². The molecular formula is C27H30N2O3. The summed E-state index contributed by atoms with van der Waals surface area (Å²) >= 11 is 0. The second-order valence-electron chi connectivity index (χ2n) is 7.95. The number of hydrogen-bond acceptors (Lipinski definition) is 3. The topological polar surface area (TPSA) is 78.4 Å². The molecule has 3 aromatic rings. The van der Waals surface area contributed by atoms with E-state index in [9.17, 15) is 9.59 Å². The zero-order valence-electron chi connectivity index (χ0n) is 18.2. The van der Waals surface area contributed by atoms with Crippen molar-refractivity contribution in [2.24, 2.45) is 5.92 Å². The lowest BCUT2D eigenvalue weighted by molar-refractivity contribution is -0.135. The highest BCUT2D eigenvalue weighted by Gasteiger charge is 2.21. The lowest BCUT2D eigenvalue weighted by Gasteiger charge is -2.16. The number of hydrogen-bond donors (Lipinski definition) is 3. The first-order valence-electron chi connectivity index (χ1n) is 11.0. The number of carbonyl (C=O) groups is 2. The van der Waals surface area contributed by atoms with Crippen molar-refractivity contribution in [1.29, 1.82) is 0 Å². The summed E-state index contributed by atoms with van der Waals surface area (Å²) < 4.78 is 0. The van der Waals surface area contributed by atoms with Gasteiger partial charge in [0.25, 0.3) is 0 Å². The van der Waals surface area contributed by atoms with E-state index < -0.39 is 11.8 Å². The van der Waals surface area contributed by atoms with Gasteiger partial charge in [-0.3, -0.25) is 14.8 Å². The van der Waals surface area contributed by atoms with E-state index in [0.717, 1.165) is 24.8 Å². The van der Waals surface area contributed by atoms with Crippen LogP contribution in [0.3, 0.4) is 0 Å². The van der Waals surface area contributed by atoms with E-state index in [0.29, 0.717) is 13.0 Å². The Bertz CT molecular complexity index is 973. The quantitative estimate of drug-likeness (QED) is 0.230. The summed E-state index contributed by atoms with van der Waals surface area (Å²) in [5.41, 5.74) is 6.29. The van der Waals surface area contributed by atoms with Crippen LogP contribution in [0.4, 0.5) is 0 Å². The van der Waals surface area contributed by atoms with Gasteiger partial charge in [0.1, 0.15) is 0 Å². The average molecular weight is 431 g/mol. The SMILES string of the molecule is O=C(CC(CCCCc1ccc(-c2ccccc2)cc1)C(=O)NCc1ccccc1)NO. The predicted molar refractivity (Wildman–Crippen MR) is 126 cm³/mol. The Morgan fingerprint density at radius 3 is 2.03 bits per heavy atom. The molecule has 0 saturated carbocycles. The van der Waals surface area contributed by atoms with Crippen molar-refractivity contribution in [1.82, 2.24) is 10.8 Å². The number of aryl methyl sites for hydroxylation is 1. The van der Waals surface area contributed by atoms with Crippen LogP contribution in [0, 0.1) is 5.92 Å². The van der Waals surface area contributed by atoms with Crippen molar-refractivity contribution in [3.05, 3.63) is 96.1 Å². The van der Waals surface area contributed by atoms with Gasteiger partial charge in [-0.05, 0) is 41.5 Å². The molecule has 0 aliphatic heterocycles. The zero-order valence-corrected chi connectivity index (χ0v) is 18.2. The molecule has 3 aromatic carbocycles. The minimum absolute atomic E-state index is 0.0249. The number of hydroxylamine groups is 1. The first kappa shape index (κ1) is 23.2. The number of nitrogens with one attached hydrogen (secondary N) is 2. The van der Waals surface area contributed by atoms with Gasteiger partial charge < -0.3 is 5.32 Å². The van der Waals surface area contributed by atoms with Crippen LogP contribution in [-0.4, -0.2) is 17.0 Å². The Hall–Kier alpha value is -3.44. The van der Waals surface area contributed by atoms with E-state index in [2.05, 4.69) is 41.7 Å². The van der Waals surface area contributed by atoms with Crippen molar-refractivity contribution in [3.8, 4) is 11.1 Å². The second kappa shape index (κ2) is 12.4. The third kappa shape index (κ3) is 7.36. The Morgan fingerprint density at radius 1 is 0.750 bits per heavy atom. The number of benzene rings is 3. The van der Waals surface area contributed by atoms with Crippen molar-refractivity contribution < 1.29 is 14.8 Å². The van der Waals surface area contributed by atoms with E-state index in [-0.39, 0.29) is 12.3 Å². The molecule has 1 atom stereocenters. The molecule has 166 valence electrons. The van der Waals surface area contributed by atoms with Crippen molar-refractivity contribution in [2.75, 3.05) is 0 Å². The van der Waals surface area contributed by atoms with Crippen LogP contribution >= 0.6 is 0 Å². The summed E-state index contributed by atoms with van der Waals surface area (Å²) in [6, 6.07) is 28.5. The first-order valence-corrected chi connectivity index (χ1v) is 11.0. The van der Waals surface area contributed by atoms with E-state index in [4.69, 9.17) is 5.21 Å². The summed E-state index contributed by atoms with van der Waals surface area (Å²) in [6.45, 7) is 0.421. The molecule has 5 heteroatoms. The van der Waals surface area contributed by atoms with Crippen LogP contribution in [-0.2, 0) is 22.6 Å². The number of unbranched alkanes of at least 4 members (excludes halogenated alkanes) is 1. The molecule has 0 aromatic heterocycles. The van der Waals surface area contributed by atoms with Gasteiger partial charge in [0.15, 0.2) is 0 Å². The van der Waals surface area contributed by atoms with Crippen LogP contribution in [0.5, 0.6) is 0 Å². The van der Waals surface area contributed by atoms with Gasteiger partial charge >= 0.3 is 0 Å². The molecular weight excluding hydrogens is 400 g/mol. The predicted octanol–water partition coefficient (Wildman–Crippen LogP) is 4.89. The molecule has 3 rings (SSSR count). The molecule has 0 saturated heterocycles. The molecule has 1 unspecified atom stereocenters. The summed E-state index contributed by atoms with van der Waals surface area (Å²) in [5.74, 6) is -1.17. The molecule has 0 fully saturated rings. The normalized spacial score (nSPS) is 11.5.